The fourth-order valence-electron chi connectivity index (χ4n) is 2.80. The number of carbonyl (C=O) groups excluding carboxylic acids is 2. The third-order valence-corrected chi connectivity index (χ3v) is 5.13. The van der Waals surface area contributed by atoms with E-state index < -0.39 is 6.04 Å². The molecule has 150 valence electrons. The number of nitrogens with zero attached hydrogens (tertiary/aromatic N) is 1. The number of aryl methyl sites for hydroxylation is 1. The molecule has 2 rings (SSSR count). The number of rotatable bonds is 8. The minimum Gasteiger partial charge on any atom is -0.354 e. The van der Waals surface area contributed by atoms with Crippen molar-refractivity contribution in [1.82, 2.24) is 10.2 Å². The molecule has 1 N–H and O–H groups in total. The number of halogens is 2. The molecule has 0 heterocycles. The number of hydrogen-bond acceptors (Lipinski definition) is 2. The van der Waals surface area contributed by atoms with E-state index >= 15 is 0 Å². The van der Waals surface area contributed by atoms with Gasteiger partial charge in [-0.2, -0.15) is 0 Å². The molecule has 28 heavy (non-hydrogen) atoms. The lowest BCUT2D eigenvalue weighted by molar-refractivity contribution is -0.140. The van der Waals surface area contributed by atoms with Crippen LogP contribution in [0.1, 0.15) is 37.0 Å². The molecule has 2 amide bonds. The molecule has 0 aliphatic heterocycles. The molecule has 0 saturated carbocycles. The number of benzene rings is 2. The standard InChI is InChI=1S/C22H26Cl2N2O2/c1-4-11-25-22(28)16(3)26(14-17-7-5-15(2)6-8-17)21(27)12-18-9-10-19(23)13-20(18)24/h5-10,13,16H,4,11-12,14H2,1-3H3,(H,25,28)/t16-/m0/s1. The van der Waals surface area contributed by atoms with Crippen LogP contribution in [0.2, 0.25) is 10.0 Å². The van der Waals surface area contributed by atoms with E-state index in [2.05, 4.69) is 5.32 Å². The summed E-state index contributed by atoms with van der Waals surface area (Å²) in [4.78, 5) is 27.2. The van der Waals surface area contributed by atoms with Crippen LogP contribution >= 0.6 is 23.2 Å². The largest absolute Gasteiger partial charge is 0.354 e. The summed E-state index contributed by atoms with van der Waals surface area (Å²) in [6.07, 6.45) is 0.942. The van der Waals surface area contributed by atoms with Crippen molar-refractivity contribution >= 4 is 35.0 Å². The quantitative estimate of drug-likeness (QED) is 0.667. The highest BCUT2D eigenvalue weighted by Gasteiger charge is 2.26. The van der Waals surface area contributed by atoms with E-state index in [0.717, 1.165) is 17.5 Å². The number of amides is 2. The summed E-state index contributed by atoms with van der Waals surface area (Å²) in [5.41, 5.74) is 2.80. The lowest BCUT2D eigenvalue weighted by Gasteiger charge is -2.29. The van der Waals surface area contributed by atoms with E-state index in [1.807, 2.05) is 38.1 Å². The van der Waals surface area contributed by atoms with Crippen LogP contribution < -0.4 is 5.32 Å². The Balaban J connectivity index is 2.23. The maximum Gasteiger partial charge on any atom is 0.242 e. The Morgan fingerprint density at radius 2 is 1.79 bits per heavy atom. The maximum absolute atomic E-state index is 13.1. The summed E-state index contributed by atoms with van der Waals surface area (Å²) in [7, 11) is 0. The van der Waals surface area contributed by atoms with Gasteiger partial charge in [0.25, 0.3) is 0 Å². The molecule has 0 unspecified atom stereocenters. The topological polar surface area (TPSA) is 49.4 Å². The van der Waals surface area contributed by atoms with Gasteiger partial charge in [-0.05, 0) is 43.5 Å². The van der Waals surface area contributed by atoms with Crippen molar-refractivity contribution in [2.75, 3.05) is 6.54 Å². The molecule has 0 saturated heterocycles. The van der Waals surface area contributed by atoms with Crippen molar-refractivity contribution in [2.24, 2.45) is 0 Å². The van der Waals surface area contributed by atoms with Gasteiger partial charge in [-0.15, -0.1) is 0 Å². The summed E-state index contributed by atoms with van der Waals surface area (Å²) >= 11 is 12.2. The van der Waals surface area contributed by atoms with Gasteiger partial charge in [0, 0.05) is 23.1 Å². The molecule has 0 spiro atoms. The third-order valence-electron chi connectivity index (χ3n) is 4.55. The average molecular weight is 421 g/mol. The fraction of sp³-hybridized carbons (Fsp3) is 0.364. The highest BCUT2D eigenvalue weighted by Crippen LogP contribution is 2.22. The van der Waals surface area contributed by atoms with Gasteiger partial charge in [0.05, 0.1) is 6.42 Å². The molecule has 1 atom stereocenters. The van der Waals surface area contributed by atoms with Crippen molar-refractivity contribution in [3.05, 3.63) is 69.2 Å². The summed E-state index contributed by atoms with van der Waals surface area (Å²) in [6.45, 7) is 6.68. The van der Waals surface area contributed by atoms with Gasteiger partial charge in [0.2, 0.25) is 11.8 Å². The van der Waals surface area contributed by atoms with Gasteiger partial charge in [-0.1, -0.05) is 66.0 Å². The van der Waals surface area contributed by atoms with Crippen LogP contribution in [0.25, 0.3) is 0 Å². The van der Waals surface area contributed by atoms with Gasteiger partial charge < -0.3 is 10.2 Å². The van der Waals surface area contributed by atoms with E-state index in [0.29, 0.717) is 28.7 Å². The molecule has 0 aromatic heterocycles. The Labute approximate surface area is 176 Å². The number of nitrogens with one attached hydrogen (secondary N) is 1. The Hall–Kier alpha value is -2.04. The summed E-state index contributed by atoms with van der Waals surface area (Å²) in [6, 6.07) is 12.4. The molecule has 2 aromatic rings. The van der Waals surface area contributed by atoms with Crippen LogP contribution in [0.3, 0.4) is 0 Å². The van der Waals surface area contributed by atoms with Crippen molar-refractivity contribution < 1.29 is 9.59 Å². The smallest absolute Gasteiger partial charge is 0.242 e. The molecule has 0 fully saturated rings. The van der Waals surface area contributed by atoms with E-state index in [4.69, 9.17) is 23.2 Å². The molecular formula is C22H26Cl2N2O2. The first kappa shape index (κ1) is 22.3. The van der Waals surface area contributed by atoms with Gasteiger partial charge in [0.15, 0.2) is 0 Å². The Morgan fingerprint density at radius 1 is 1.11 bits per heavy atom. The second-order valence-corrected chi connectivity index (χ2v) is 7.73. The Bertz CT molecular complexity index is 822. The molecular weight excluding hydrogens is 395 g/mol. The molecule has 0 radical (unpaired) electrons. The summed E-state index contributed by atoms with van der Waals surface area (Å²) in [5.74, 6) is -0.325. The normalized spacial score (nSPS) is 11.8. The summed E-state index contributed by atoms with van der Waals surface area (Å²) in [5, 5.41) is 3.83. The van der Waals surface area contributed by atoms with Crippen LogP contribution in [-0.2, 0) is 22.6 Å². The molecule has 0 aliphatic rings. The number of carbonyl (C=O) groups is 2. The lowest BCUT2D eigenvalue weighted by atomic mass is 10.1. The molecule has 6 heteroatoms. The second kappa shape index (κ2) is 10.5. The van der Waals surface area contributed by atoms with E-state index in [9.17, 15) is 9.59 Å². The highest BCUT2D eigenvalue weighted by atomic mass is 35.5. The Kier molecular flexibility index (Phi) is 8.34. The maximum atomic E-state index is 13.1. The molecule has 2 aromatic carbocycles. The second-order valence-electron chi connectivity index (χ2n) is 6.89. The van der Waals surface area contributed by atoms with Gasteiger partial charge >= 0.3 is 0 Å². The predicted molar refractivity (Wildman–Crippen MR) is 115 cm³/mol. The SMILES string of the molecule is CCCNC(=O)[C@H](C)N(Cc1ccc(C)cc1)C(=O)Cc1ccc(Cl)cc1Cl. The summed E-state index contributed by atoms with van der Waals surface area (Å²) < 4.78 is 0. The van der Waals surface area contributed by atoms with Crippen molar-refractivity contribution in [3.63, 3.8) is 0 Å². The first-order valence-electron chi connectivity index (χ1n) is 9.38. The fourth-order valence-corrected chi connectivity index (χ4v) is 3.27. The van der Waals surface area contributed by atoms with Gasteiger partial charge in [-0.25, -0.2) is 0 Å². The molecule has 0 bridgehead atoms. The van der Waals surface area contributed by atoms with Crippen LogP contribution in [0.4, 0.5) is 0 Å². The molecule has 0 aliphatic carbocycles. The lowest BCUT2D eigenvalue weighted by Crippen LogP contribution is -2.48. The van der Waals surface area contributed by atoms with Crippen molar-refractivity contribution in [3.8, 4) is 0 Å². The average Bonchev–Trinajstić information content (AvgIpc) is 2.67. The zero-order valence-electron chi connectivity index (χ0n) is 16.5. The minimum atomic E-state index is -0.591. The first-order valence-corrected chi connectivity index (χ1v) is 10.1. The van der Waals surface area contributed by atoms with E-state index in [1.54, 1.807) is 30.0 Å². The third kappa shape index (κ3) is 6.25. The monoisotopic (exact) mass is 420 g/mol. The van der Waals surface area contributed by atoms with Crippen LogP contribution in [0.15, 0.2) is 42.5 Å². The highest BCUT2D eigenvalue weighted by molar-refractivity contribution is 6.35. The van der Waals surface area contributed by atoms with Crippen molar-refractivity contribution in [1.29, 1.82) is 0 Å². The van der Waals surface area contributed by atoms with E-state index in [1.165, 1.54) is 0 Å². The molecule has 4 nitrogen and oxygen atoms in total. The predicted octanol–water partition coefficient (Wildman–Crippen LogP) is 4.79. The zero-order valence-corrected chi connectivity index (χ0v) is 18.0. The van der Waals surface area contributed by atoms with E-state index in [-0.39, 0.29) is 18.2 Å². The van der Waals surface area contributed by atoms with Gasteiger partial charge in [-0.3, -0.25) is 9.59 Å². The van der Waals surface area contributed by atoms with Crippen LogP contribution in [-0.4, -0.2) is 29.3 Å². The van der Waals surface area contributed by atoms with Crippen molar-refractivity contribution in [2.45, 2.75) is 46.2 Å². The van der Waals surface area contributed by atoms with Crippen LogP contribution in [0, 0.1) is 6.92 Å². The minimum absolute atomic E-state index is 0.104. The Morgan fingerprint density at radius 3 is 2.39 bits per heavy atom. The zero-order chi connectivity index (χ0) is 20.7. The van der Waals surface area contributed by atoms with Crippen LogP contribution in [0.5, 0.6) is 0 Å². The number of hydrogen-bond donors (Lipinski definition) is 1. The first-order chi connectivity index (χ1) is 13.3. The van der Waals surface area contributed by atoms with Gasteiger partial charge in [0.1, 0.15) is 6.04 Å².